The van der Waals surface area contributed by atoms with Crippen LogP contribution in [0.1, 0.15) is 17.3 Å². The number of rotatable bonds is 4. The SMILES string of the molecule is CCOC(=O)c1ccc(N(C)C)c2c(N(C)C)cccc12. The molecule has 0 aliphatic heterocycles. The van der Waals surface area contributed by atoms with Gasteiger partial charge in [-0.05, 0) is 25.1 Å². The number of ether oxygens (including phenoxy) is 1. The minimum atomic E-state index is -0.274. The smallest absolute Gasteiger partial charge is 0.338 e. The third kappa shape index (κ3) is 2.79. The zero-order valence-electron chi connectivity index (χ0n) is 13.3. The first-order valence-corrected chi connectivity index (χ1v) is 7.04. The number of anilines is 2. The van der Waals surface area contributed by atoms with Crippen molar-refractivity contribution >= 4 is 28.1 Å². The van der Waals surface area contributed by atoms with E-state index in [0.29, 0.717) is 12.2 Å². The molecule has 0 N–H and O–H groups in total. The highest BCUT2D eigenvalue weighted by Crippen LogP contribution is 2.35. The molecule has 0 saturated heterocycles. The van der Waals surface area contributed by atoms with Crippen LogP contribution in [0.4, 0.5) is 11.4 Å². The summed E-state index contributed by atoms with van der Waals surface area (Å²) in [7, 11) is 8.02. The Kier molecular flexibility index (Phi) is 4.36. The third-order valence-electron chi connectivity index (χ3n) is 3.46. The van der Waals surface area contributed by atoms with E-state index in [2.05, 4.69) is 15.9 Å². The first-order valence-electron chi connectivity index (χ1n) is 7.04. The van der Waals surface area contributed by atoms with E-state index in [1.807, 2.05) is 59.4 Å². The molecule has 2 rings (SSSR count). The second-order valence-electron chi connectivity index (χ2n) is 5.34. The van der Waals surface area contributed by atoms with Crippen LogP contribution in [-0.2, 0) is 4.74 Å². The Bertz CT molecular complexity index is 649. The van der Waals surface area contributed by atoms with Crippen molar-refractivity contribution < 1.29 is 9.53 Å². The van der Waals surface area contributed by atoms with E-state index in [9.17, 15) is 4.79 Å². The van der Waals surface area contributed by atoms with Crippen LogP contribution in [0.3, 0.4) is 0 Å². The summed E-state index contributed by atoms with van der Waals surface area (Å²) >= 11 is 0. The first kappa shape index (κ1) is 15.2. The molecule has 4 heteroatoms. The van der Waals surface area contributed by atoms with Crippen molar-refractivity contribution in [3.8, 4) is 0 Å². The van der Waals surface area contributed by atoms with Crippen molar-refractivity contribution in [2.45, 2.75) is 6.92 Å². The normalized spacial score (nSPS) is 10.5. The number of benzene rings is 2. The number of fused-ring (bicyclic) bond motifs is 1. The van der Waals surface area contributed by atoms with Crippen molar-refractivity contribution in [3.05, 3.63) is 35.9 Å². The molecule has 21 heavy (non-hydrogen) atoms. The Labute approximate surface area is 125 Å². The highest BCUT2D eigenvalue weighted by molar-refractivity contribution is 6.13. The molecule has 0 bridgehead atoms. The predicted octanol–water partition coefficient (Wildman–Crippen LogP) is 3.15. The lowest BCUT2D eigenvalue weighted by Crippen LogP contribution is -2.14. The lowest BCUT2D eigenvalue weighted by molar-refractivity contribution is 0.0528. The summed E-state index contributed by atoms with van der Waals surface area (Å²) in [5, 5.41) is 1.99. The summed E-state index contributed by atoms with van der Waals surface area (Å²) in [6, 6.07) is 9.82. The molecule has 2 aromatic carbocycles. The molecule has 0 saturated carbocycles. The van der Waals surface area contributed by atoms with Crippen LogP contribution in [0.25, 0.3) is 10.8 Å². The van der Waals surface area contributed by atoms with Crippen LogP contribution in [0.5, 0.6) is 0 Å². The maximum Gasteiger partial charge on any atom is 0.338 e. The summed E-state index contributed by atoms with van der Waals surface area (Å²) in [6.07, 6.45) is 0. The molecule has 0 spiro atoms. The summed E-state index contributed by atoms with van der Waals surface area (Å²) in [5.74, 6) is -0.274. The molecule has 0 atom stereocenters. The molecule has 4 nitrogen and oxygen atoms in total. The van der Waals surface area contributed by atoms with E-state index in [4.69, 9.17) is 4.74 Å². The fourth-order valence-corrected chi connectivity index (χ4v) is 2.50. The Morgan fingerprint density at radius 3 is 2.19 bits per heavy atom. The molecule has 0 heterocycles. The summed E-state index contributed by atoms with van der Waals surface area (Å²) < 4.78 is 5.17. The number of nitrogens with zero attached hydrogens (tertiary/aromatic N) is 2. The van der Waals surface area contributed by atoms with Crippen molar-refractivity contribution in [2.75, 3.05) is 44.6 Å². The molecule has 0 aliphatic carbocycles. The molecule has 0 aliphatic rings. The molecule has 0 amide bonds. The van der Waals surface area contributed by atoms with E-state index < -0.39 is 0 Å². The van der Waals surface area contributed by atoms with Gasteiger partial charge in [0.25, 0.3) is 0 Å². The van der Waals surface area contributed by atoms with Gasteiger partial charge in [0.05, 0.1) is 12.2 Å². The standard InChI is InChI=1S/C17H22N2O2/c1-6-21-17(20)13-10-11-15(19(4)5)16-12(13)8-7-9-14(16)18(2)3/h7-11H,6H2,1-5H3. The summed E-state index contributed by atoms with van der Waals surface area (Å²) in [6.45, 7) is 2.20. The Balaban J connectivity index is 2.80. The quantitative estimate of drug-likeness (QED) is 0.808. The zero-order valence-corrected chi connectivity index (χ0v) is 13.3. The van der Waals surface area contributed by atoms with Gasteiger partial charge >= 0.3 is 5.97 Å². The fourth-order valence-electron chi connectivity index (χ4n) is 2.50. The number of carbonyl (C=O) groups excluding carboxylic acids is 1. The van der Waals surface area contributed by atoms with Gasteiger partial charge < -0.3 is 14.5 Å². The van der Waals surface area contributed by atoms with Crippen LogP contribution >= 0.6 is 0 Å². The van der Waals surface area contributed by atoms with Crippen LogP contribution in [0.15, 0.2) is 30.3 Å². The van der Waals surface area contributed by atoms with Gasteiger partial charge in [-0.15, -0.1) is 0 Å². The Hall–Kier alpha value is -2.23. The van der Waals surface area contributed by atoms with Gasteiger partial charge in [-0.1, -0.05) is 12.1 Å². The first-order chi connectivity index (χ1) is 9.97. The van der Waals surface area contributed by atoms with Gasteiger partial charge in [0.1, 0.15) is 0 Å². The van der Waals surface area contributed by atoms with Gasteiger partial charge in [-0.3, -0.25) is 0 Å². The highest BCUT2D eigenvalue weighted by Gasteiger charge is 2.17. The average molecular weight is 286 g/mol. The summed E-state index contributed by atoms with van der Waals surface area (Å²) in [5.41, 5.74) is 2.78. The number of hydrogen-bond acceptors (Lipinski definition) is 4. The fraction of sp³-hybridized carbons (Fsp3) is 0.353. The van der Waals surface area contributed by atoms with Crippen molar-refractivity contribution in [1.82, 2.24) is 0 Å². The van der Waals surface area contributed by atoms with Gasteiger partial charge in [0.2, 0.25) is 0 Å². The van der Waals surface area contributed by atoms with Crippen molar-refractivity contribution in [2.24, 2.45) is 0 Å². The van der Waals surface area contributed by atoms with Gasteiger partial charge in [-0.25, -0.2) is 4.79 Å². The number of hydrogen-bond donors (Lipinski definition) is 0. The molecule has 112 valence electrons. The van der Waals surface area contributed by atoms with E-state index in [1.165, 1.54) is 0 Å². The molecule has 2 aromatic rings. The number of esters is 1. The van der Waals surface area contributed by atoms with Crippen molar-refractivity contribution in [1.29, 1.82) is 0 Å². The molecule has 0 radical (unpaired) electrons. The monoisotopic (exact) mass is 286 g/mol. The minimum Gasteiger partial charge on any atom is -0.462 e. The molecule has 0 fully saturated rings. The van der Waals surface area contributed by atoms with Crippen LogP contribution in [0.2, 0.25) is 0 Å². The van der Waals surface area contributed by atoms with Crippen molar-refractivity contribution in [3.63, 3.8) is 0 Å². The Morgan fingerprint density at radius 2 is 1.62 bits per heavy atom. The minimum absolute atomic E-state index is 0.274. The topological polar surface area (TPSA) is 32.8 Å². The van der Waals surface area contributed by atoms with E-state index in [1.54, 1.807) is 0 Å². The average Bonchev–Trinajstić information content (AvgIpc) is 2.45. The Morgan fingerprint density at radius 1 is 1.00 bits per heavy atom. The molecular formula is C17H22N2O2. The van der Waals surface area contributed by atoms with E-state index in [0.717, 1.165) is 22.1 Å². The zero-order chi connectivity index (χ0) is 15.6. The molecular weight excluding hydrogens is 264 g/mol. The van der Waals surface area contributed by atoms with Crippen LogP contribution in [-0.4, -0.2) is 40.8 Å². The maximum atomic E-state index is 12.2. The predicted molar refractivity (Wildman–Crippen MR) is 88.6 cm³/mol. The maximum absolute atomic E-state index is 12.2. The van der Waals surface area contributed by atoms with Gasteiger partial charge in [0.15, 0.2) is 0 Å². The second kappa shape index (κ2) is 6.04. The summed E-state index contributed by atoms with van der Waals surface area (Å²) in [4.78, 5) is 16.3. The lowest BCUT2D eigenvalue weighted by Gasteiger charge is -2.22. The van der Waals surface area contributed by atoms with E-state index >= 15 is 0 Å². The second-order valence-corrected chi connectivity index (χ2v) is 5.34. The number of carbonyl (C=O) groups is 1. The lowest BCUT2D eigenvalue weighted by atomic mass is 10.00. The van der Waals surface area contributed by atoms with E-state index in [-0.39, 0.29) is 5.97 Å². The highest BCUT2D eigenvalue weighted by atomic mass is 16.5. The van der Waals surface area contributed by atoms with Gasteiger partial charge in [0, 0.05) is 50.3 Å². The molecule has 0 aromatic heterocycles. The van der Waals surface area contributed by atoms with Gasteiger partial charge in [-0.2, -0.15) is 0 Å². The van der Waals surface area contributed by atoms with Crippen LogP contribution in [0, 0.1) is 0 Å². The molecule has 0 unspecified atom stereocenters. The third-order valence-corrected chi connectivity index (χ3v) is 3.46. The largest absolute Gasteiger partial charge is 0.462 e. The van der Waals surface area contributed by atoms with Crippen LogP contribution < -0.4 is 9.80 Å².